The number of carbonyl (C=O) groups is 2. The topological polar surface area (TPSA) is 116 Å². The van der Waals surface area contributed by atoms with E-state index in [0.717, 1.165) is 12.7 Å². The molecule has 3 atom stereocenters. The van der Waals surface area contributed by atoms with Gasteiger partial charge in [-0.2, -0.15) is 15.6 Å². The number of benzene rings is 2. The normalized spacial score (nSPS) is 25.8. The fraction of sp³-hybridized carbons (Fsp3) is 0.321. The third-order valence-corrected chi connectivity index (χ3v) is 8.46. The molecule has 0 spiro atoms. The molecule has 0 unspecified atom stereocenters. The fourth-order valence-electron chi connectivity index (χ4n) is 6.34. The summed E-state index contributed by atoms with van der Waals surface area (Å²) >= 11 is 12.3. The van der Waals surface area contributed by atoms with Crippen molar-refractivity contribution in [3.05, 3.63) is 80.8 Å². The highest BCUT2D eigenvalue weighted by Gasteiger charge is 2.80. The summed E-state index contributed by atoms with van der Waals surface area (Å²) in [7, 11) is 2.31. The van der Waals surface area contributed by atoms with Crippen LogP contribution in [0.15, 0.2) is 64.8 Å². The minimum Gasteiger partial charge on any atom is -0.466 e. The molecule has 192 valence electrons. The molecule has 8 nitrogen and oxygen atoms in total. The molecular formula is C28H22Cl2N4O4. The van der Waals surface area contributed by atoms with Crippen LogP contribution < -0.4 is 0 Å². The molecule has 1 fully saturated rings. The van der Waals surface area contributed by atoms with Gasteiger partial charge in [-0.15, -0.1) is 0 Å². The number of rotatable bonds is 4. The van der Waals surface area contributed by atoms with Crippen LogP contribution in [0.3, 0.4) is 0 Å². The number of esters is 2. The average Bonchev–Trinajstić information content (AvgIpc) is 3.40. The first-order chi connectivity index (χ1) is 18.1. The molecule has 10 heteroatoms. The zero-order valence-electron chi connectivity index (χ0n) is 21.0. The van der Waals surface area contributed by atoms with E-state index in [-0.39, 0.29) is 11.5 Å². The van der Waals surface area contributed by atoms with Crippen LogP contribution in [0, 0.1) is 39.9 Å². The van der Waals surface area contributed by atoms with E-state index in [0.29, 0.717) is 21.3 Å². The molecule has 0 amide bonds. The lowest BCUT2D eigenvalue weighted by Gasteiger charge is -2.45. The monoisotopic (exact) mass is 548 g/mol. The van der Waals surface area contributed by atoms with Gasteiger partial charge in [0.15, 0.2) is 0 Å². The van der Waals surface area contributed by atoms with Crippen molar-refractivity contribution < 1.29 is 19.1 Å². The summed E-state index contributed by atoms with van der Waals surface area (Å²) in [6, 6.07) is 17.8. The summed E-state index contributed by atoms with van der Waals surface area (Å²) in [6.45, 7) is 4.06. The largest absolute Gasteiger partial charge is 0.466 e. The molecule has 5 rings (SSSR count). The molecule has 0 aromatic heterocycles. The van der Waals surface area contributed by atoms with E-state index < -0.39 is 39.9 Å². The van der Waals surface area contributed by atoms with Gasteiger partial charge in [-0.1, -0.05) is 61.3 Å². The van der Waals surface area contributed by atoms with Gasteiger partial charge in [-0.05, 0) is 40.8 Å². The highest BCUT2D eigenvalue weighted by atomic mass is 35.5. The quantitative estimate of drug-likeness (QED) is 0.511. The van der Waals surface area contributed by atoms with Crippen LogP contribution >= 0.6 is 23.2 Å². The van der Waals surface area contributed by atoms with Crippen LogP contribution in [-0.4, -0.2) is 42.4 Å². The van der Waals surface area contributed by atoms with E-state index in [1.807, 2.05) is 38.1 Å². The van der Waals surface area contributed by atoms with Crippen LogP contribution in [-0.2, 0) is 24.6 Å². The first kappa shape index (κ1) is 25.8. The van der Waals surface area contributed by atoms with Crippen molar-refractivity contribution in [1.82, 2.24) is 5.01 Å². The van der Waals surface area contributed by atoms with Gasteiger partial charge in [0.1, 0.15) is 23.3 Å². The molecule has 0 radical (unpaired) electrons. The van der Waals surface area contributed by atoms with Gasteiger partial charge < -0.3 is 9.47 Å². The Morgan fingerprint density at radius 3 is 1.89 bits per heavy atom. The number of hydrazone groups is 1. The zero-order chi connectivity index (χ0) is 27.6. The number of halogens is 2. The maximum Gasteiger partial charge on any atom is 0.339 e. The second kappa shape index (κ2) is 8.59. The third-order valence-electron chi connectivity index (χ3n) is 7.95. The average molecular weight is 549 g/mol. The molecule has 1 aliphatic carbocycles. The Kier molecular flexibility index (Phi) is 5.83. The highest BCUT2D eigenvalue weighted by molar-refractivity contribution is 6.31. The molecule has 3 aliphatic rings. The van der Waals surface area contributed by atoms with Crippen LogP contribution in [0.4, 0.5) is 0 Å². The van der Waals surface area contributed by atoms with E-state index in [4.69, 9.17) is 37.8 Å². The Labute approximate surface area is 229 Å². The van der Waals surface area contributed by atoms with Gasteiger partial charge in [0.05, 0.1) is 25.5 Å². The molecule has 38 heavy (non-hydrogen) atoms. The van der Waals surface area contributed by atoms with E-state index in [2.05, 4.69) is 0 Å². The van der Waals surface area contributed by atoms with Crippen LogP contribution in [0.2, 0.25) is 10.0 Å². The molecule has 0 saturated heterocycles. The van der Waals surface area contributed by atoms with Crippen LogP contribution in [0.25, 0.3) is 0 Å². The van der Waals surface area contributed by atoms with Crippen molar-refractivity contribution in [2.75, 3.05) is 14.2 Å². The van der Waals surface area contributed by atoms with Crippen molar-refractivity contribution in [3.8, 4) is 12.1 Å². The van der Waals surface area contributed by atoms with Gasteiger partial charge in [0.25, 0.3) is 5.54 Å². The lowest BCUT2D eigenvalue weighted by Crippen LogP contribution is -2.56. The highest BCUT2D eigenvalue weighted by Crippen LogP contribution is 2.74. The van der Waals surface area contributed by atoms with Gasteiger partial charge in [-0.3, -0.25) is 0 Å². The number of ether oxygens (including phenoxy) is 2. The number of carbonyl (C=O) groups excluding carboxylic acids is 2. The van der Waals surface area contributed by atoms with Gasteiger partial charge in [-0.25, -0.2) is 14.6 Å². The number of hydrogen-bond donors (Lipinski definition) is 0. The number of nitriles is 2. The Morgan fingerprint density at radius 2 is 1.39 bits per heavy atom. The van der Waals surface area contributed by atoms with Gasteiger partial charge >= 0.3 is 11.9 Å². The van der Waals surface area contributed by atoms with Crippen molar-refractivity contribution >= 4 is 40.9 Å². The summed E-state index contributed by atoms with van der Waals surface area (Å²) in [4.78, 5) is 26.9. The number of methoxy groups -OCH3 is 2. The minimum absolute atomic E-state index is 0.142. The Morgan fingerprint density at radius 1 is 0.895 bits per heavy atom. The molecule has 2 aromatic carbocycles. The predicted molar refractivity (Wildman–Crippen MR) is 139 cm³/mol. The van der Waals surface area contributed by atoms with Crippen molar-refractivity contribution in [1.29, 1.82) is 10.5 Å². The molecule has 2 heterocycles. The second-order valence-corrected chi connectivity index (χ2v) is 10.9. The summed E-state index contributed by atoms with van der Waals surface area (Å²) in [5.74, 6) is -2.45. The molecule has 1 saturated carbocycles. The maximum atomic E-state index is 13.6. The molecular weight excluding hydrogens is 527 g/mol. The Hall–Kier alpha value is -3.85. The Balaban J connectivity index is 1.96. The van der Waals surface area contributed by atoms with Crippen LogP contribution in [0.1, 0.15) is 25.0 Å². The number of fused-ring (bicyclic) bond motifs is 3. The summed E-state index contributed by atoms with van der Waals surface area (Å²) < 4.78 is 10.2. The van der Waals surface area contributed by atoms with Gasteiger partial charge in [0, 0.05) is 21.9 Å². The molecule has 2 aromatic rings. The van der Waals surface area contributed by atoms with E-state index >= 15 is 0 Å². The molecule has 0 bridgehead atoms. The number of hydrogen-bond acceptors (Lipinski definition) is 8. The van der Waals surface area contributed by atoms with Gasteiger partial charge in [0.2, 0.25) is 0 Å². The van der Waals surface area contributed by atoms with E-state index in [9.17, 15) is 20.1 Å². The summed E-state index contributed by atoms with van der Waals surface area (Å²) in [6.07, 6.45) is 0. The maximum absolute atomic E-state index is 13.6. The zero-order valence-corrected chi connectivity index (χ0v) is 22.5. The lowest BCUT2D eigenvalue weighted by atomic mass is 9.75. The molecule has 2 aliphatic heterocycles. The second-order valence-electron chi connectivity index (χ2n) is 10.0. The van der Waals surface area contributed by atoms with Crippen molar-refractivity contribution in [2.24, 2.45) is 22.4 Å². The first-order valence-electron chi connectivity index (χ1n) is 11.7. The lowest BCUT2D eigenvalue weighted by molar-refractivity contribution is -0.139. The summed E-state index contributed by atoms with van der Waals surface area (Å²) in [5.41, 5.74) is -2.92. The van der Waals surface area contributed by atoms with E-state index in [1.165, 1.54) is 12.1 Å². The minimum atomic E-state index is -2.29. The smallest absolute Gasteiger partial charge is 0.339 e. The van der Waals surface area contributed by atoms with Crippen molar-refractivity contribution in [3.63, 3.8) is 0 Å². The fourth-order valence-corrected chi connectivity index (χ4v) is 6.59. The van der Waals surface area contributed by atoms with Crippen molar-refractivity contribution in [2.45, 2.75) is 24.9 Å². The third kappa shape index (κ3) is 3.11. The van der Waals surface area contributed by atoms with Crippen LogP contribution in [0.5, 0.6) is 0 Å². The Bertz CT molecular complexity index is 1500. The van der Waals surface area contributed by atoms with E-state index in [1.54, 1.807) is 36.4 Å². The standard InChI is InChI=1S/C28H22Cl2N4O4/c1-26(2)21-22(15-5-9-17(29)10-6-15)33-34-27(13-31,14-32)19(24(35)37-3)20(25(36)38-4)28(34,23(21)26)16-7-11-18(30)12-8-16/h5-12,21,23H,1-4H3/t21-,23+,28+/m1/s1. The summed E-state index contributed by atoms with van der Waals surface area (Å²) in [5, 5.41) is 28.3. The number of nitrogens with zero attached hydrogens (tertiary/aromatic N) is 4. The first-order valence-corrected chi connectivity index (χ1v) is 12.5. The SMILES string of the molecule is COC(=O)C1=C(C(=O)OC)[C@@]2(c3ccc(Cl)cc3)[C@H]3[C@@H](C(c4ccc(Cl)cc4)=NN2C1(C#N)C#N)C3(C)C. The predicted octanol–water partition coefficient (Wildman–Crippen LogP) is 4.62. The molecule has 0 N–H and O–H groups in total.